The summed E-state index contributed by atoms with van der Waals surface area (Å²) in [5, 5.41) is 0.217. The number of ether oxygens (including phenoxy) is 1. The minimum Gasteiger partial charge on any atom is -0.415 e. The molecule has 2 atom stereocenters. The number of rotatable bonds is 10. The van der Waals surface area contributed by atoms with Crippen LogP contribution in [-0.4, -0.2) is 38.5 Å². The van der Waals surface area contributed by atoms with Gasteiger partial charge in [-0.3, -0.25) is 4.90 Å². The van der Waals surface area contributed by atoms with E-state index >= 15 is 0 Å². The molecule has 0 amide bonds. The molecule has 0 unspecified atom stereocenters. The summed E-state index contributed by atoms with van der Waals surface area (Å²) in [6, 6.07) is 19.8. The molecule has 1 aliphatic heterocycles. The second-order valence-electron chi connectivity index (χ2n) is 11.6. The molecule has 0 bridgehead atoms. The molecule has 0 N–H and O–H groups in total. The Hall–Kier alpha value is -1.72. The van der Waals surface area contributed by atoms with Gasteiger partial charge in [-0.25, -0.2) is 0 Å². The van der Waals surface area contributed by atoms with Crippen LogP contribution in [0.5, 0.6) is 0 Å². The maximum Gasteiger partial charge on any atom is 0.192 e. The van der Waals surface area contributed by atoms with Gasteiger partial charge in [0.05, 0.1) is 12.7 Å². The lowest BCUT2D eigenvalue weighted by atomic mass is 9.94. The van der Waals surface area contributed by atoms with E-state index in [1.807, 2.05) is 0 Å². The predicted molar refractivity (Wildman–Crippen MR) is 147 cm³/mol. The zero-order chi connectivity index (χ0) is 24.8. The fourth-order valence-electron chi connectivity index (χ4n) is 4.15. The molecule has 0 fully saturated rings. The van der Waals surface area contributed by atoms with Gasteiger partial charge in [0.2, 0.25) is 0 Å². The Balaban J connectivity index is 1.76. The summed E-state index contributed by atoms with van der Waals surface area (Å²) in [5.74, 6) is 0. The van der Waals surface area contributed by atoms with E-state index in [0.717, 1.165) is 32.5 Å². The molecule has 0 spiro atoms. The average Bonchev–Trinajstić information content (AvgIpc) is 2.79. The van der Waals surface area contributed by atoms with E-state index in [9.17, 15) is 0 Å². The minimum absolute atomic E-state index is 0.149. The third kappa shape index (κ3) is 7.64. The molecule has 0 saturated heterocycles. The third-order valence-electron chi connectivity index (χ3n) is 7.46. The van der Waals surface area contributed by atoms with Gasteiger partial charge in [-0.2, -0.15) is 0 Å². The van der Waals surface area contributed by atoms with Crippen molar-refractivity contribution in [1.82, 2.24) is 4.90 Å². The molecule has 34 heavy (non-hydrogen) atoms. The Bertz CT molecular complexity index is 928. The first-order chi connectivity index (χ1) is 16.0. The highest BCUT2D eigenvalue weighted by Gasteiger charge is 2.38. The van der Waals surface area contributed by atoms with Crippen molar-refractivity contribution >= 4 is 8.32 Å². The number of hydrogen-bond acceptors (Lipinski definition) is 3. The summed E-state index contributed by atoms with van der Waals surface area (Å²) in [5.41, 5.74) is 5.48. The largest absolute Gasteiger partial charge is 0.415 e. The monoisotopic (exact) mass is 479 g/mol. The summed E-state index contributed by atoms with van der Waals surface area (Å²) in [6.45, 7) is 19.3. The van der Waals surface area contributed by atoms with Gasteiger partial charge < -0.3 is 9.16 Å². The summed E-state index contributed by atoms with van der Waals surface area (Å²) < 4.78 is 13.2. The van der Waals surface area contributed by atoms with Crippen LogP contribution in [0.2, 0.25) is 18.1 Å². The Morgan fingerprint density at radius 3 is 2.32 bits per heavy atom. The maximum atomic E-state index is 6.73. The van der Waals surface area contributed by atoms with Crippen LogP contribution in [0.15, 0.2) is 66.2 Å². The first-order valence-electron chi connectivity index (χ1n) is 12.8. The van der Waals surface area contributed by atoms with Crippen molar-refractivity contribution in [1.29, 1.82) is 0 Å². The van der Waals surface area contributed by atoms with Crippen LogP contribution < -0.4 is 0 Å². The summed E-state index contributed by atoms with van der Waals surface area (Å²) in [6.07, 6.45) is 4.44. The lowest BCUT2D eigenvalue weighted by Crippen LogP contribution is -2.50. The highest BCUT2D eigenvalue weighted by molar-refractivity contribution is 6.74. The molecular formula is C30H45NO2Si. The van der Waals surface area contributed by atoms with E-state index in [1.165, 1.54) is 22.3 Å². The van der Waals surface area contributed by atoms with Crippen molar-refractivity contribution in [3.05, 3.63) is 82.9 Å². The number of allylic oxidation sites excluding steroid dienone is 1. The molecule has 0 saturated carbocycles. The van der Waals surface area contributed by atoms with E-state index in [-0.39, 0.29) is 11.1 Å². The zero-order valence-electron chi connectivity index (χ0n) is 22.4. The van der Waals surface area contributed by atoms with E-state index in [1.54, 1.807) is 0 Å². The smallest absolute Gasteiger partial charge is 0.192 e. The lowest BCUT2D eigenvalue weighted by molar-refractivity contribution is -0.00463. The topological polar surface area (TPSA) is 21.7 Å². The van der Waals surface area contributed by atoms with Crippen LogP contribution in [-0.2, 0) is 28.7 Å². The fraction of sp³-hybridized carbons (Fsp3) is 0.533. The van der Waals surface area contributed by atoms with Gasteiger partial charge in [0.1, 0.15) is 0 Å². The van der Waals surface area contributed by atoms with Crippen molar-refractivity contribution in [3.63, 3.8) is 0 Å². The number of fused-ring (bicyclic) bond motifs is 1. The van der Waals surface area contributed by atoms with E-state index in [2.05, 4.69) is 113 Å². The van der Waals surface area contributed by atoms with Gasteiger partial charge in [0.25, 0.3) is 0 Å². The summed E-state index contributed by atoms with van der Waals surface area (Å²) in [7, 11) is -1.81. The standard InChI is InChI=1S/C30H45NO2Si/c1-24(2)17-18-29(32-22-25-13-9-8-10-14-25)21-31-20-27-16-12-11-15-26(27)19-28(31)23-33-34(6,7)30(3,4)5/h8-17,28-29H,18-23H2,1-7H3/t28-,29-/m0/s1. The Morgan fingerprint density at radius 2 is 1.68 bits per heavy atom. The molecule has 3 nitrogen and oxygen atoms in total. The highest BCUT2D eigenvalue weighted by Crippen LogP contribution is 2.37. The number of benzene rings is 2. The van der Waals surface area contributed by atoms with Gasteiger partial charge in [-0.05, 0) is 61.5 Å². The van der Waals surface area contributed by atoms with Crippen molar-refractivity contribution in [2.75, 3.05) is 13.2 Å². The average molecular weight is 480 g/mol. The zero-order valence-corrected chi connectivity index (χ0v) is 23.4. The molecule has 4 heteroatoms. The molecule has 186 valence electrons. The second kappa shape index (κ2) is 11.8. The molecular weight excluding hydrogens is 434 g/mol. The van der Waals surface area contributed by atoms with E-state index < -0.39 is 8.32 Å². The minimum atomic E-state index is -1.81. The van der Waals surface area contributed by atoms with Crippen LogP contribution in [0.1, 0.15) is 57.7 Å². The van der Waals surface area contributed by atoms with Crippen LogP contribution in [0, 0.1) is 0 Å². The first-order valence-corrected chi connectivity index (χ1v) is 15.7. The third-order valence-corrected chi connectivity index (χ3v) is 12.0. The summed E-state index contributed by atoms with van der Waals surface area (Å²) >= 11 is 0. The molecule has 0 aliphatic carbocycles. The molecule has 0 aromatic heterocycles. The van der Waals surface area contributed by atoms with Crippen molar-refractivity contribution in [2.45, 2.75) is 90.9 Å². The molecule has 1 heterocycles. The molecule has 1 aliphatic rings. The number of hydrogen-bond donors (Lipinski definition) is 0. The Labute approximate surface area is 209 Å². The van der Waals surface area contributed by atoms with Crippen LogP contribution >= 0.6 is 0 Å². The van der Waals surface area contributed by atoms with Crippen LogP contribution in [0.3, 0.4) is 0 Å². The quantitative estimate of drug-likeness (QED) is 0.262. The second-order valence-corrected chi connectivity index (χ2v) is 16.4. The molecule has 3 rings (SSSR count). The van der Waals surface area contributed by atoms with Gasteiger partial charge in [0, 0.05) is 25.7 Å². The normalized spacial score (nSPS) is 17.8. The Morgan fingerprint density at radius 1 is 1.03 bits per heavy atom. The SMILES string of the molecule is CC(C)=CC[C@@H](CN1Cc2ccccc2C[C@H]1CO[Si](C)(C)C(C)(C)C)OCc1ccccc1. The van der Waals surface area contributed by atoms with Crippen molar-refractivity contribution in [3.8, 4) is 0 Å². The van der Waals surface area contributed by atoms with Crippen LogP contribution in [0.25, 0.3) is 0 Å². The first kappa shape index (κ1) is 26.9. The summed E-state index contributed by atoms with van der Waals surface area (Å²) in [4.78, 5) is 2.62. The molecule has 2 aromatic carbocycles. The van der Waals surface area contributed by atoms with Crippen molar-refractivity contribution < 1.29 is 9.16 Å². The van der Waals surface area contributed by atoms with Gasteiger partial charge in [-0.1, -0.05) is 87.0 Å². The molecule has 0 radical (unpaired) electrons. The maximum absolute atomic E-state index is 6.73. The van der Waals surface area contributed by atoms with E-state index in [0.29, 0.717) is 12.6 Å². The number of nitrogens with zero attached hydrogens (tertiary/aromatic N) is 1. The van der Waals surface area contributed by atoms with Gasteiger partial charge in [0.15, 0.2) is 8.32 Å². The lowest BCUT2D eigenvalue weighted by Gasteiger charge is -2.42. The van der Waals surface area contributed by atoms with Gasteiger partial charge >= 0.3 is 0 Å². The Kier molecular flexibility index (Phi) is 9.33. The highest BCUT2D eigenvalue weighted by atomic mass is 28.4. The molecule has 2 aromatic rings. The van der Waals surface area contributed by atoms with E-state index in [4.69, 9.17) is 9.16 Å². The van der Waals surface area contributed by atoms with Crippen molar-refractivity contribution in [2.24, 2.45) is 0 Å². The predicted octanol–water partition coefficient (Wildman–Crippen LogP) is 7.38. The van der Waals surface area contributed by atoms with Gasteiger partial charge in [-0.15, -0.1) is 0 Å². The van der Waals surface area contributed by atoms with Crippen LogP contribution in [0.4, 0.5) is 0 Å². The fourth-order valence-corrected chi connectivity index (χ4v) is 5.20.